The first-order chi connectivity index (χ1) is 20.9. The summed E-state index contributed by atoms with van der Waals surface area (Å²) < 4.78 is 11.2. The number of hydrogen-bond acceptors (Lipinski definition) is 6. The number of rotatable bonds is 14. The maximum Gasteiger partial charge on any atom is 0.326 e. The predicted octanol–water partition coefficient (Wildman–Crippen LogP) is 6.02. The fraction of sp³-hybridized carbons (Fsp3) is 0.171. The Morgan fingerprint density at radius 3 is 2.30 bits per heavy atom. The molecule has 0 saturated carbocycles. The summed E-state index contributed by atoms with van der Waals surface area (Å²) in [5.41, 5.74) is 2.86. The molecule has 0 aliphatic heterocycles. The number of nitrogens with one attached hydrogen (secondary N) is 1. The Hall–Kier alpha value is -5.37. The monoisotopic (exact) mass is 578 g/mol. The van der Waals surface area contributed by atoms with Crippen LogP contribution in [0.1, 0.15) is 28.4 Å². The molecule has 220 valence electrons. The molecule has 8 heteroatoms. The lowest BCUT2D eigenvalue weighted by atomic mass is 10.00. The van der Waals surface area contributed by atoms with Crippen LogP contribution in [-0.4, -0.2) is 49.1 Å². The second kappa shape index (κ2) is 15.0. The van der Waals surface area contributed by atoms with Crippen LogP contribution in [-0.2, 0) is 16.0 Å². The number of amides is 1. The number of methoxy groups -OCH3 is 1. The summed E-state index contributed by atoms with van der Waals surface area (Å²) in [6, 6.07) is 29.2. The molecule has 0 bridgehead atoms. The number of hydrogen-bond donors (Lipinski definition) is 2. The minimum Gasteiger partial charge on any atom is -0.497 e. The Kier molecular flexibility index (Phi) is 10.7. The third-order valence-corrected chi connectivity index (χ3v) is 6.72. The van der Waals surface area contributed by atoms with Crippen molar-refractivity contribution in [1.29, 1.82) is 0 Å². The molecule has 4 aromatic rings. The van der Waals surface area contributed by atoms with E-state index in [0.29, 0.717) is 40.5 Å². The lowest BCUT2D eigenvalue weighted by Gasteiger charge is -2.22. The summed E-state index contributed by atoms with van der Waals surface area (Å²) in [6.45, 7) is 2.34. The largest absolute Gasteiger partial charge is 0.497 e. The van der Waals surface area contributed by atoms with Gasteiger partial charge in [-0.3, -0.25) is 9.59 Å². The number of anilines is 2. The van der Waals surface area contributed by atoms with E-state index in [1.54, 1.807) is 104 Å². The molecule has 4 aromatic carbocycles. The number of allylic oxidation sites excluding steroid dienone is 1. The van der Waals surface area contributed by atoms with E-state index < -0.39 is 12.0 Å². The van der Waals surface area contributed by atoms with Gasteiger partial charge >= 0.3 is 5.97 Å². The Morgan fingerprint density at radius 2 is 1.60 bits per heavy atom. The number of para-hydroxylation sites is 1. The number of carbonyl (C=O) groups is 3. The van der Waals surface area contributed by atoms with Crippen molar-refractivity contribution in [3.05, 3.63) is 132 Å². The molecule has 0 unspecified atom stereocenters. The van der Waals surface area contributed by atoms with Crippen LogP contribution in [0.2, 0.25) is 0 Å². The molecule has 0 radical (unpaired) electrons. The number of benzene rings is 4. The first kappa shape index (κ1) is 30.6. The van der Waals surface area contributed by atoms with Crippen LogP contribution < -0.4 is 19.7 Å². The molecule has 2 N–H and O–H groups in total. The number of carbonyl (C=O) groups excluding carboxylic acids is 2. The summed E-state index contributed by atoms with van der Waals surface area (Å²) in [7, 11) is 1.57. The molecular weight excluding hydrogens is 544 g/mol. The molecule has 0 heterocycles. The van der Waals surface area contributed by atoms with Gasteiger partial charge in [0.1, 0.15) is 24.1 Å². The van der Waals surface area contributed by atoms with Crippen LogP contribution >= 0.6 is 0 Å². The van der Waals surface area contributed by atoms with Crippen molar-refractivity contribution in [1.82, 2.24) is 0 Å². The van der Waals surface area contributed by atoms with Gasteiger partial charge in [-0.05, 0) is 55.0 Å². The highest BCUT2D eigenvalue weighted by molar-refractivity contribution is 6.12. The van der Waals surface area contributed by atoms with Crippen LogP contribution in [0.5, 0.6) is 11.5 Å². The maximum atomic E-state index is 13.1. The van der Waals surface area contributed by atoms with E-state index in [4.69, 9.17) is 9.47 Å². The van der Waals surface area contributed by atoms with Crippen molar-refractivity contribution < 1.29 is 29.0 Å². The van der Waals surface area contributed by atoms with Gasteiger partial charge in [0.2, 0.25) is 0 Å². The highest BCUT2D eigenvalue weighted by Crippen LogP contribution is 2.23. The Labute approximate surface area is 251 Å². The topological polar surface area (TPSA) is 105 Å². The van der Waals surface area contributed by atoms with Crippen molar-refractivity contribution in [3.8, 4) is 11.5 Å². The molecule has 0 aliphatic rings. The van der Waals surface area contributed by atoms with Crippen LogP contribution in [0.3, 0.4) is 0 Å². The molecule has 0 spiro atoms. The third-order valence-electron chi connectivity index (χ3n) is 6.72. The van der Waals surface area contributed by atoms with E-state index in [0.717, 1.165) is 5.56 Å². The lowest BCUT2D eigenvalue weighted by Crippen LogP contribution is -2.33. The Morgan fingerprint density at radius 1 is 0.884 bits per heavy atom. The van der Waals surface area contributed by atoms with Gasteiger partial charge in [0.05, 0.1) is 13.7 Å². The summed E-state index contributed by atoms with van der Waals surface area (Å²) in [5, 5.41) is 13.0. The van der Waals surface area contributed by atoms with Crippen molar-refractivity contribution in [3.63, 3.8) is 0 Å². The zero-order valence-electron chi connectivity index (χ0n) is 24.1. The number of carboxylic acid groups (broad SMARTS) is 1. The van der Waals surface area contributed by atoms with Crippen LogP contribution in [0.25, 0.3) is 0 Å². The molecule has 1 amide bonds. The molecular formula is C35H34N2O6. The molecule has 43 heavy (non-hydrogen) atoms. The van der Waals surface area contributed by atoms with Crippen LogP contribution in [0.15, 0.2) is 115 Å². The second-order valence-corrected chi connectivity index (χ2v) is 9.66. The molecule has 4 rings (SSSR count). The van der Waals surface area contributed by atoms with E-state index >= 15 is 0 Å². The van der Waals surface area contributed by atoms with Gasteiger partial charge in [-0.25, -0.2) is 4.79 Å². The molecule has 8 nitrogen and oxygen atoms in total. The van der Waals surface area contributed by atoms with Crippen molar-refractivity contribution in [2.75, 3.05) is 30.5 Å². The SMILES string of the molecule is CC=CC(=O)N(CCOc1ccc(C[C@H](Nc2ccccc2C(=O)c2ccccc2)C(=O)O)cc1)c1cccc(OC)c1. The minimum absolute atomic E-state index is 0.172. The molecule has 0 fully saturated rings. The number of nitrogens with zero attached hydrogens (tertiary/aromatic N) is 1. The van der Waals surface area contributed by atoms with Crippen LogP contribution in [0, 0.1) is 0 Å². The molecule has 0 aliphatic carbocycles. The standard InChI is InChI=1S/C35H34N2O6/c1-3-10-33(38)37(27-13-9-14-29(24-27)42-2)21-22-43-28-19-17-25(18-20-28)23-32(35(40)41)36-31-16-8-7-15-30(31)34(39)26-11-5-4-6-12-26/h3-20,24,32,36H,21-23H2,1-2H3,(H,40,41)/t32-/m0/s1. The Balaban J connectivity index is 1.40. The van der Waals surface area contributed by atoms with Crippen LogP contribution in [0.4, 0.5) is 11.4 Å². The number of ether oxygens (including phenoxy) is 2. The van der Waals surface area contributed by atoms with Gasteiger partial charge in [-0.1, -0.05) is 66.7 Å². The van der Waals surface area contributed by atoms with Gasteiger partial charge in [0.15, 0.2) is 5.78 Å². The van der Waals surface area contributed by atoms with Crippen molar-refractivity contribution in [2.24, 2.45) is 0 Å². The van der Waals surface area contributed by atoms with E-state index in [-0.39, 0.29) is 24.7 Å². The maximum absolute atomic E-state index is 13.1. The highest BCUT2D eigenvalue weighted by atomic mass is 16.5. The minimum atomic E-state index is -1.04. The quantitative estimate of drug-likeness (QED) is 0.139. The molecule has 0 aromatic heterocycles. The zero-order valence-corrected chi connectivity index (χ0v) is 24.1. The lowest BCUT2D eigenvalue weighted by molar-refractivity contribution is -0.137. The Bertz CT molecular complexity index is 1570. The molecule has 0 saturated heterocycles. The summed E-state index contributed by atoms with van der Waals surface area (Å²) in [4.78, 5) is 39.6. The summed E-state index contributed by atoms with van der Waals surface area (Å²) in [5.74, 6) is -0.161. The fourth-order valence-corrected chi connectivity index (χ4v) is 4.53. The first-order valence-electron chi connectivity index (χ1n) is 13.9. The third kappa shape index (κ3) is 8.33. The molecule has 1 atom stereocenters. The summed E-state index contributed by atoms with van der Waals surface area (Å²) >= 11 is 0. The highest BCUT2D eigenvalue weighted by Gasteiger charge is 2.21. The van der Waals surface area contributed by atoms with E-state index in [9.17, 15) is 19.5 Å². The normalized spacial score (nSPS) is 11.5. The number of carboxylic acids is 1. The number of aliphatic carboxylic acids is 1. The average molecular weight is 579 g/mol. The van der Waals surface area contributed by atoms with E-state index in [1.165, 1.54) is 6.08 Å². The average Bonchev–Trinajstić information content (AvgIpc) is 3.04. The van der Waals surface area contributed by atoms with E-state index in [1.807, 2.05) is 24.3 Å². The zero-order chi connectivity index (χ0) is 30.6. The van der Waals surface area contributed by atoms with Crippen molar-refractivity contribution >= 4 is 29.0 Å². The fourth-order valence-electron chi connectivity index (χ4n) is 4.53. The van der Waals surface area contributed by atoms with Gasteiger partial charge < -0.3 is 24.8 Å². The smallest absolute Gasteiger partial charge is 0.326 e. The van der Waals surface area contributed by atoms with E-state index in [2.05, 4.69) is 5.32 Å². The first-order valence-corrected chi connectivity index (χ1v) is 13.9. The summed E-state index contributed by atoms with van der Waals surface area (Å²) in [6.07, 6.45) is 3.37. The van der Waals surface area contributed by atoms with Gasteiger partial charge in [0.25, 0.3) is 5.91 Å². The van der Waals surface area contributed by atoms with Gasteiger partial charge in [-0.15, -0.1) is 0 Å². The van der Waals surface area contributed by atoms with Gasteiger partial charge in [-0.2, -0.15) is 0 Å². The second-order valence-electron chi connectivity index (χ2n) is 9.66. The predicted molar refractivity (Wildman–Crippen MR) is 167 cm³/mol. The number of ketones is 1. The van der Waals surface area contributed by atoms with Gasteiger partial charge in [0, 0.05) is 35.0 Å². The van der Waals surface area contributed by atoms with Crippen molar-refractivity contribution in [2.45, 2.75) is 19.4 Å².